The van der Waals surface area contributed by atoms with Crippen molar-refractivity contribution in [2.75, 3.05) is 19.7 Å². The molecule has 1 rings (SSSR count). The summed E-state index contributed by atoms with van der Waals surface area (Å²) in [6, 6.07) is 0. The van der Waals surface area contributed by atoms with Gasteiger partial charge in [-0.25, -0.2) is 4.39 Å². The maximum absolute atomic E-state index is 12.7. The molecule has 0 aromatic heterocycles. The smallest absolute Gasteiger partial charge is 0.248 e. The van der Waals surface area contributed by atoms with Crippen molar-refractivity contribution in [1.29, 1.82) is 0 Å². The Bertz CT molecular complexity index is 151. The molecule has 64 valence electrons. The van der Waals surface area contributed by atoms with Crippen molar-refractivity contribution >= 4 is 5.91 Å². The standard InChI is InChI=1S/C7H12FNO2/c8-6-2-1-3-9(4-6)7(11)5-10/h6,10H,1-5H2/t6-/m0/s1. The van der Waals surface area contributed by atoms with Crippen molar-refractivity contribution in [3.05, 3.63) is 0 Å². The molecule has 3 nitrogen and oxygen atoms in total. The largest absolute Gasteiger partial charge is 0.387 e. The highest BCUT2D eigenvalue weighted by Crippen LogP contribution is 2.12. The Labute approximate surface area is 64.8 Å². The number of amides is 1. The second-order valence-electron chi connectivity index (χ2n) is 2.74. The van der Waals surface area contributed by atoms with E-state index in [0.717, 1.165) is 0 Å². The summed E-state index contributed by atoms with van der Waals surface area (Å²) in [7, 11) is 0. The summed E-state index contributed by atoms with van der Waals surface area (Å²) in [6.07, 6.45) is 0.335. The molecule has 1 amide bonds. The molecule has 11 heavy (non-hydrogen) atoms. The number of nitrogens with zero attached hydrogens (tertiary/aromatic N) is 1. The molecule has 0 spiro atoms. The molecule has 0 unspecified atom stereocenters. The van der Waals surface area contributed by atoms with Crippen LogP contribution in [-0.4, -0.2) is 41.8 Å². The fourth-order valence-corrected chi connectivity index (χ4v) is 1.25. The maximum atomic E-state index is 12.7. The van der Waals surface area contributed by atoms with E-state index in [2.05, 4.69) is 0 Å². The Morgan fingerprint density at radius 1 is 1.73 bits per heavy atom. The van der Waals surface area contributed by atoms with Crippen LogP contribution in [0.3, 0.4) is 0 Å². The van der Waals surface area contributed by atoms with Gasteiger partial charge in [0.1, 0.15) is 12.8 Å². The van der Waals surface area contributed by atoms with E-state index in [0.29, 0.717) is 19.4 Å². The van der Waals surface area contributed by atoms with Gasteiger partial charge in [0.25, 0.3) is 0 Å². The number of alkyl halides is 1. The number of hydrogen-bond donors (Lipinski definition) is 1. The average molecular weight is 161 g/mol. The Balaban J connectivity index is 2.39. The summed E-state index contributed by atoms with van der Waals surface area (Å²) in [5.74, 6) is -0.368. The van der Waals surface area contributed by atoms with Crippen LogP contribution in [0, 0.1) is 0 Å². The fraction of sp³-hybridized carbons (Fsp3) is 0.857. The summed E-state index contributed by atoms with van der Waals surface area (Å²) in [5.41, 5.74) is 0. The van der Waals surface area contributed by atoms with Gasteiger partial charge >= 0.3 is 0 Å². The zero-order valence-electron chi connectivity index (χ0n) is 6.29. The lowest BCUT2D eigenvalue weighted by Gasteiger charge is -2.28. The molecule has 0 radical (unpaired) electrons. The molecule has 1 heterocycles. The number of carbonyl (C=O) groups is 1. The van der Waals surface area contributed by atoms with Crippen molar-refractivity contribution in [2.24, 2.45) is 0 Å². The molecule has 0 aliphatic carbocycles. The van der Waals surface area contributed by atoms with E-state index >= 15 is 0 Å². The van der Waals surface area contributed by atoms with Crippen molar-refractivity contribution in [3.8, 4) is 0 Å². The molecule has 4 heteroatoms. The third kappa shape index (κ3) is 2.15. The lowest BCUT2D eigenvalue weighted by atomic mass is 10.1. The van der Waals surface area contributed by atoms with Crippen molar-refractivity contribution in [2.45, 2.75) is 19.0 Å². The second-order valence-corrected chi connectivity index (χ2v) is 2.74. The monoisotopic (exact) mass is 161 g/mol. The van der Waals surface area contributed by atoms with Crippen LogP contribution < -0.4 is 0 Å². The molecule has 1 aliphatic heterocycles. The van der Waals surface area contributed by atoms with Crippen LogP contribution in [0.15, 0.2) is 0 Å². The lowest BCUT2D eigenvalue weighted by molar-refractivity contribution is -0.136. The number of halogens is 1. The van der Waals surface area contributed by atoms with E-state index in [9.17, 15) is 9.18 Å². The summed E-state index contributed by atoms with van der Waals surface area (Å²) in [5, 5.41) is 8.46. The van der Waals surface area contributed by atoms with Crippen LogP contribution in [0.2, 0.25) is 0 Å². The van der Waals surface area contributed by atoms with Crippen LogP contribution in [0.5, 0.6) is 0 Å². The molecule has 0 aromatic carbocycles. The number of aliphatic hydroxyl groups is 1. The quantitative estimate of drug-likeness (QED) is 0.585. The highest BCUT2D eigenvalue weighted by molar-refractivity contribution is 5.77. The number of rotatable bonds is 1. The van der Waals surface area contributed by atoms with E-state index in [4.69, 9.17) is 5.11 Å². The maximum Gasteiger partial charge on any atom is 0.248 e. The first-order chi connectivity index (χ1) is 5.24. The highest BCUT2D eigenvalue weighted by atomic mass is 19.1. The zero-order valence-corrected chi connectivity index (χ0v) is 6.29. The van der Waals surface area contributed by atoms with Crippen LogP contribution in [0.25, 0.3) is 0 Å². The number of piperidine rings is 1. The molecular formula is C7H12FNO2. The zero-order chi connectivity index (χ0) is 8.27. The number of likely N-dealkylation sites (tertiary alicyclic amines) is 1. The fourth-order valence-electron chi connectivity index (χ4n) is 1.25. The Morgan fingerprint density at radius 2 is 2.45 bits per heavy atom. The van der Waals surface area contributed by atoms with E-state index in [1.807, 2.05) is 0 Å². The van der Waals surface area contributed by atoms with Gasteiger partial charge in [0.15, 0.2) is 0 Å². The Morgan fingerprint density at radius 3 is 3.00 bits per heavy atom. The van der Waals surface area contributed by atoms with Gasteiger partial charge in [0, 0.05) is 6.54 Å². The normalized spacial score (nSPS) is 25.3. The van der Waals surface area contributed by atoms with Gasteiger partial charge in [-0.3, -0.25) is 4.79 Å². The van der Waals surface area contributed by atoms with Gasteiger partial charge in [0.05, 0.1) is 6.54 Å². The second kappa shape index (κ2) is 3.67. The van der Waals surface area contributed by atoms with E-state index in [-0.39, 0.29) is 12.5 Å². The van der Waals surface area contributed by atoms with Crippen molar-refractivity contribution in [3.63, 3.8) is 0 Å². The molecule has 0 bridgehead atoms. The van der Waals surface area contributed by atoms with E-state index < -0.39 is 12.8 Å². The first kappa shape index (κ1) is 8.46. The third-order valence-corrected chi connectivity index (χ3v) is 1.85. The van der Waals surface area contributed by atoms with Crippen LogP contribution in [0.4, 0.5) is 4.39 Å². The van der Waals surface area contributed by atoms with Gasteiger partial charge in [0.2, 0.25) is 5.91 Å². The first-order valence-corrected chi connectivity index (χ1v) is 3.76. The molecule has 1 saturated heterocycles. The Hall–Kier alpha value is -0.640. The van der Waals surface area contributed by atoms with Gasteiger partial charge in [-0.2, -0.15) is 0 Å². The molecule has 1 N–H and O–H groups in total. The van der Waals surface area contributed by atoms with Gasteiger partial charge < -0.3 is 10.0 Å². The minimum atomic E-state index is -0.903. The summed E-state index contributed by atoms with van der Waals surface area (Å²) in [6.45, 7) is 0.228. The molecule has 1 fully saturated rings. The summed E-state index contributed by atoms with van der Waals surface area (Å²) >= 11 is 0. The van der Waals surface area contributed by atoms with Crippen molar-refractivity contribution < 1.29 is 14.3 Å². The average Bonchev–Trinajstić information content (AvgIpc) is 2.03. The molecular weight excluding hydrogens is 149 g/mol. The molecule has 0 saturated carbocycles. The number of aliphatic hydroxyl groups excluding tert-OH is 1. The molecule has 1 atom stereocenters. The predicted molar refractivity (Wildman–Crippen MR) is 37.8 cm³/mol. The SMILES string of the molecule is O=C(CO)N1CCC[C@H](F)C1. The van der Waals surface area contributed by atoms with Crippen LogP contribution >= 0.6 is 0 Å². The Kier molecular flexibility index (Phi) is 2.82. The van der Waals surface area contributed by atoms with E-state index in [1.165, 1.54) is 4.90 Å². The first-order valence-electron chi connectivity index (χ1n) is 3.76. The minimum absolute atomic E-state index is 0.152. The lowest BCUT2D eigenvalue weighted by Crippen LogP contribution is -2.42. The van der Waals surface area contributed by atoms with Crippen molar-refractivity contribution in [1.82, 2.24) is 4.90 Å². The topological polar surface area (TPSA) is 40.5 Å². The van der Waals surface area contributed by atoms with Crippen LogP contribution in [-0.2, 0) is 4.79 Å². The van der Waals surface area contributed by atoms with Crippen LogP contribution in [0.1, 0.15) is 12.8 Å². The summed E-state index contributed by atoms with van der Waals surface area (Å²) in [4.78, 5) is 12.2. The third-order valence-electron chi connectivity index (χ3n) is 1.85. The summed E-state index contributed by atoms with van der Waals surface area (Å²) < 4.78 is 12.7. The van der Waals surface area contributed by atoms with Gasteiger partial charge in [-0.05, 0) is 12.8 Å². The highest BCUT2D eigenvalue weighted by Gasteiger charge is 2.21. The number of carbonyl (C=O) groups excluding carboxylic acids is 1. The predicted octanol–water partition coefficient (Wildman–Crippen LogP) is -0.0608. The van der Waals surface area contributed by atoms with Gasteiger partial charge in [-0.1, -0.05) is 0 Å². The minimum Gasteiger partial charge on any atom is -0.387 e. The molecule has 1 aliphatic rings. The number of hydrogen-bond acceptors (Lipinski definition) is 2. The molecule has 0 aromatic rings. The van der Waals surface area contributed by atoms with Gasteiger partial charge in [-0.15, -0.1) is 0 Å². The van der Waals surface area contributed by atoms with E-state index in [1.54, 1.807) is 0 Å².